The number of hydrogen-bond donors (Lipinski definition) is 1. The molecule has 1 aromatic carbocycles. The first-order valence-electron chi connectivity index (χ1n) is 6.29. The lowest BCUT2D eigenvalue weighted by Gasteiger charge is -2.08. The van der Waals surface area contributed by atoms with Crippen LogP contribution in [0.15, 0.2) is 35.7 Å². The number of rotatable bonds is 4. The topological polar surface area (TPSA) is 29.5 Å². The second kappa shape index (κ2) is 5.12. The van der Waals surface area contributed by atoms with Gasteiger partial charge in [-0.1, -0.05) is 12.1 Å². The summed E-state index contributed by atoms with van der Waals surface area (Å²) in [4.78, 5) is 1.35. The molecule has 1 aliphatic rings. The van der Waals surface area contributed by atoms with Crippen LogP contribution in [-0.4, -0.2) is 11.7 Å². The SMILES string of the molecule is O[C@@H]1CCc2cc(OCCc3cccs3)ccc21. The fourth-order valence-corrected chi connectivity index (χ4v) is 3.08. The van der Waals surface area contributed by atoms with Crippen LogP contribution in [0, 0.1) is 0 Å². The van der Waals surface area contributed by atoms with Gasteiger partial charge in [-0.05, 0) is 47.5 Å². The van der Waals surface area contributed by atoms with E-state index in [2.05, 4.69) is 23.6 Å². The Morgan fingerprint density at radius 1 is 1.33 bits per heavy atom. The Labute approximate surface area is 111 Å². The van der Waals surface area contributed by atoms with E-state index < -0.39 is 0 Å². The monoisotopic (exact) mass is 260 g/mol. The Morgan fingerprint density at radius 3 is 3.11 bits per heavy atom. The minimum atomic E-state index is -0.278. The Kier molecular flexibility index (Phi) is 3.35. The molecule has 0 spiro atoms. The molecule has 2 nitrogen and oxygen atoms in total. The molecular formula is C15H16O2S. The van der Waals surface area contributed by atoms with E-state index in [1.54, 1.807) is 11.3 Å². The van der Waals surface area contributed by atoms with Gasteiger partial charge in [-0.3, -0.25) is 0 Å². The molecule has 2 aromatic rings. The van der Waals surface area contributed by atoms with Crippen molar-refractivity contribution in [2.75, 3.05) is 6.61 Å². The van der Waals surface area contributed by atoms with Crippen LogP contribution in [0.4, 0.5) is 0 Å². The highest BCUT2D eigenvalue weighted by Crippen LogP contribution is 2.33. The first kappa shape index (κ1) is 11.8. The van der Waals surface area contributed by atoms with E-state index in [0.29, 0.717) is 6.61 Å². The third-order valence-electron chi connectivity index (χ3n) is 3.36. The van der Waals surface area contributed by atoms with Crippen LogP contribution in [0.25, 0.3) is 0 Å². The number of benzene rings is 1. The van der Waals surface area contributed by atoms with E-state index >= 15 is 0 Å². The molecule has 0 bridgehead atoms. The molecule has 0 saturated heterocycles. The fraction of sp³-hybridized carbons (Fsp3) is 0.333. The van der Waals surface area contributed by atoms with Crippen LogP contribution >= 0.6 is 11.3 Å². The number of ether oxygens (including phenoxy) is 1. The zero-order valence-electron chi connectivity index (χ0n) is 10.1. The Hall–Kier alpha value is -1.32. The third-order valence-corrected chi connectivity index (χ3v) is 4.29. The van der Waals surface area contributed by atoms with Gasteiger partial charge >= 0.3 is 0 Å². The maximum absolute atomic E-state index is 9.73. The van der Waals surface area contributed by atoms with Crippen molar-refractivity contribution in [2.45, 2.75) is 25.4 Å². The van der Waals surface area contributed by atoms with Crippen LogP contribution in [-0.2, 0) is 12.8 Å². The molecule has 1 aromatic heterocycles. The molecular weight excluding hydrogens is 244 g/mol. The molecule has 18 heavy (non-hydrogen) atoms. The molecule has 0 saturated carbocycles. The molecule has 1 N–H and O–H groups in total. The standard InChI is InChI=1S/C15H16O2S/c16-15-6-3-11-10-12(4-5-14(11)15)17-8-7-13-2-1-9-18-13/h1-2,4-5,9-10,15-16H,3,6-8H2/t15-/m1/s1. The highest BCUT2D eigenvalue weighted by atomic mass is 32.1. The zero-order valence-corrected chi connectivity index (χ0v) is 11.0. The molecule has 94 valence electrons. The Bertz CT molecular complexity index is 519. The first-order valence-corrected chi connectivity index (χ1v) is 7.17. The second-order valence-electron chi connectivity index (χ2n) is 4.59. The lowest BCUT2D eigenvalue weighted by atomic mass is 10.1. The molecule has 1 atom stereocenters. The summed E-state index contributed by atoms with van der Waals surface area (Å²) in [6.07, 6.45) is 2.48. The van der Waals surface area contributed by atoms with Crippen LogP contribution in [0.5, 0.6) is 5.75 Å². The van der Waals surface area contributed by atoms with E-state index in [0.717, 1.165) is 30.6 Å². The molecule has 3 heteroatoms. The van der Waals surface area contributed by atoms with Crippen molar-refractivity contribution in [1.29, 1.82) is 0 Å². The van der Waals surface area contributed by atoms with Gasteiger partial charge < -0.3 is 9.84 Å². The number of hydrogen-bond acceptors (Lipinski definition) is 3. The van der Waals surface area contributed by atoms with Crippen molar-refractivity contribution in [2.24, 2.45) is 0 Å². The van der Waals surface area contributed by atoms with Gasteiger partial charge in [0.25, 0.3) is 0 Å². The van der Waals surface area contributed by atoms with Crippen molar-refractivity contribution >= 4 is 11.3 Å². The van der Waals surface area contributed by atoms with E-state index in [-0.39, 0.29) is 6.10 Å². The normalized spacial score (nSPS) is 17.7. The number of thiophene rings is 1. The van der Waals surface area contributed by atoms with Crippen LogP contribution < -0.4 is 4.74 Å². The van der Waals surface area contributed by atoms with Gasteiger partial charge in [-0.15, -0.1) is 11.3 Å². The van der Waals surface area contributed by atoms with Crippen LogP contribution in [0.2, 0.25) is 0 Å². The Morgan fingerprint density at radius 2 is 2.28 bits per heavy atom. The van der Waals surface area contributed by atoms with Crippen LogP contribution in [0.1, 0.15) is 28.5 Å². The quantitative estimate of drug-likeness (QED) is 0.913. The maximum Gasteiger partial charge on any atom is 0.119 e. The minimum absolute atomic E-state index is 0.278. The molecule has 3 rings (SSSR count). The highest BCUT2D eigenvalue weighted by Gasteiger charge is 2.20. The minimum Gasteiger partial charge on any atom is -0.493 e. The summed E-state index contributed by atoms with van der Waals surface area (Å²) in [5.41, 5.74) is 2.30. The third kappa shape index (κ3) is 2.42. The van der Waals surface area contributed by atoms with E-state index in [4.69, 9.17) is 4.74 Å². The summed E-state index contributed by atoms with van der Waals surface area (Å²) in [7, 11) is 0. The van der Waals surface area contributed by atoms with Gasteiger partial charge in [0.05, 0.1) is 12.7 Å². The lowest BCUT2D eigenvalue weighted by Crippen LogP contribution is -2.00. The van der Waals surface area contributed by atoms with Gasteiger partial charge in [0.2, 0.25) is 0 Å². The molecule has 1 heterocycles. The molecule has 0 unspecified atom stereocenters. The van der Waals surface area contributed by atoms with Gasteiger partial charge in [0.15, 0.2) is 0 Å². The van der Waals surface area contributed by atoms with E-state index in [9.17, 15) is 5.11 Å². The zero-order chi connectivity index (χ0) is 12.4. The van der Waals surface area contributed by atoms with Gasteiger partial charge in [0.1, 0.15) is 5.75 Å². The predicted octanol–water partition coefficient (Wildman–Crippen LogP) is 3.35. The molecule has 0 fully saturated rings. The smallest absolute Gasteiger partial charge is 0.119 e. The number of aliphatic hydroxyl groups excluding tert-OH is 1. The lowest BCUT2D eigenvalue weighted by molar-refractivity contribution is 0.180. The van der Waals surface area contributed by atoms with E-state index in [1.165, 1.54) is 10.4 Å². The summed E-state index contributed by atoms with van der Waals surface area (Å²) in [5.74, 6) is 0.916. The summed E-state index contributed by atoms with van der Waals surface area (Å²) < 4.78 is 5.76. The number of fused-ring (bicyclic) bond motifs is 1. The summed E-state index contributed by atoms with van der Waals surface area (Å²) in [6.45, 7) is 0.710. The Balaban J connectivity index is 1.60. The van der Waals surface area contributed by atoms with Crippen molar-refractivity contribution < 1.29 is 9.84 Å². The van der Waals surface area contributed by atoms with Gasteiger partial charge in [-0.2, -0.15) is 0 Å². The van der Waals surface area contributed by atoms with Crippen molar-refractivity contribution in [3.63, 3.8) is 0 Å². The summed E-state index contributed by atoms with van der Waals surface area (Å²) >= 11 is 1.77. The fourth-order valence-electron chi connectivity index (χ4n) is 2.39. The summed E-state index contributed by atoms with van der Waals surface area (Å²) in [6, 6.07) is 10.2. The second-order valence-corrected chi connectivity index (χ2v) is 5.63. The number of aryl methyl sites for hydroxylation is 1. The molecule has 0 aliphatic heterocycles. The van der Waals surface area contributed by atoms with Gasteiger partial charge in [-0.25, -0.2) is 0 Å². The van der Waals surface area contributed by atoms with Gasteiger partial charge in [0, 0.05) is 11.3 Å². The van der Waals surface area contributed by atoms with Crippen molar-refractivity contribution in [3.05, 3.63) is 51.7 Å². The largest absolute Gasteiger partial charge is 0.493 e. The maximum atomic E-state index is 9.73. The summed E-state index contributed by atoms with van der Waals surface area (Å²) in [5, 5.41) is 11.8. The average molecular weight is 260 g/mol. The highest BCUT2D eigenvalue weighted by molar-refractivity contribution is 7.09. The molecule has 0 amide bonds. The molecule has 0 radical (unpaired) electrons. The van der Waals surface area contributed by atoms with Crippen molar-refractivity contribution in [1.82, 2.24) is 0 Å². The van der Waals surface area contributed by atoms with Crippen LogP contribution in [0.3, 0.4) is 0 Å². The van der Waals surface area contributed by atoms with Crippen molar-refractivity contribution in [3.8, 4) is 5.75 Å². The predicted molar refractivity (Wildman–Crippen MR) is 73.2 cm³/mol. The first-order chi connectivity index (χ1) is 8.83. The number of aliphatic hydroxyl groups is 1. The average Bonchev–Trinajstić information content (AvgIpc) is 3.00. The van der Waals surface area contributed by atoms with E-state index in [1.807, 2.05) is 12.1 Å². The molecule has 1 aliphatic carbocycles.